The minimum absolute atomic E-state index is 0.0629. The lowest BCUT2D eigenvalue weighted by atomic mass is 9.85. The second kappa shape index (κ2) is 8.94. The summed E-state index contributed by atoms with van der Waals surface area (Å²) in [5, 5.41) is 19.3. The molecule has 3 amide bonds. The van der Waals surface area contributed by atoms with Crippen molar-refractivity contribution in [3.63, 3.8) is 0 Å². The predicted octanol–water partition coefficient (Wildman–Crippen LogP) is 2.16. The van der Waals surface area contributed by atoms with Crippen molar-refractivity contribution in [3.05, 3.63) is 29.8 Å². The number of pyridine rings is 1. The van der Waals surface area contributed by atoms with Crippen LogP contribution in [0.25, 0.3) is 11.5 Å². The number of amides is 3. The highest BCUT2D eigenvalue weighted by Crippen LogP contribution is 2.72. The lowest BCUT2D eigenvalue weighted by Crippen LogP contribution is -2.55. The van der Waals surface area contributed by atoms with Gasteiger partial charge in [0.1, 0.15) is 12.1 Å². The van der Waals surface area contributed by atoms with Crippen LogP contribution in [0, 0.1) is 40.4 Å². The lowest BCUT2D eigenvalue weighted by Gasteiger charge is -2.35. The molecule has 3 heterocycles. The molecule has 11 heteroatoms. The summed E-state index contributed by atoms with van der Waals surface area (Å²) in [6, 6.07) is 2.17. The Morgan fingerprint density at radius 3 is 2.51 bits per heavy atom. The molecule has 0 aromatic carbocycles. The third kappa shape index (κ3) is 4.45. The van der Waals surface area contributed by atoms with Crippen LogP contribution in [-0.2, 0) is 14.4 Å². The molecule has 2 aliphatic rings. The summed E-state index contributed by atoms with van der Waals surface area (Å²) in [7, 11) is 0. The van der Waals surface area contributed by atoms with Crippen molar-refractivity contribution in [2.75, 3.05) is 13.1 Å². The van der Waals surface area contributed by atoms with E-state index in [1.54, 1.807) is 24.1 Å². The van der Waals surface area contributed by atoms with E-state index in [0.29, 0.717) is 23.5 Å². The standard InChI is InChI=1S/C26H33N7O4/c1-14-29-21(37-32-14)17-8-16(10-28-11-17)18(9-27)31-23(36)26-13-33(12-19(26)25(26,6)7)22(35)20(24(3,4)5)30-15(2)34/h8,10-11,18-20H,12-13H2,1-7H3,(H,30,34)(H,31,36)/t18?,19-,20?,26-/m0/s1. The summed E-state index contributed by atoms with van der Waals surface area (Å²) < 4.78 is 5.20. The Morgan fingerprint density at radius 1 is 1.24 bits per heavy atom. The molecule has 11 nitrogen and oxygen atoms in total. The summed E-state index contributed by atoms with van der Waals surface area (Å²) in [5.74, 6) is -0.0916. The number of hydrogen-bond donors (Lipinski definition) is 2. The van der Waals surface area contributed by atoms with E-state index in [0.717, 1.165) is 0 Å². The Kier molecular flexibility index (Phi) is 6.34. The Hall–Kier alpha value is -3.81. The monoisotopic (exact) mass is 507 g/mol. The third-order valence-corrected chi connectivity index (χ3v) is 7.82. The SMILES string of the molecule is CC(=O)NC(C(=O)N1C[C@H]2C(C)(C)[C@@]2(C(=O)NC(C#N)c2cncc(-c3nc(C)no3)c2)C1)C(C)(C)C. The normalized spacial score (nSPS) is 23.4. The van der Waals surface area contributed by atoms with Crippen molar-refractivity contribution in [3.8, 4) is 17.5 Å². The van der Waals surface area contributed by atoms with Gasteiger partial charge in [-0.2, -0.15) is 10.2 Å². The molecular formula is C26H33N7O4. The van der Waals surface area contributed by atoms with Gasteiger partial charge in [0, 0.05) is 38.0 Å². The lowest BCUT2D eigenvalue weighted by molar-refractivity contribution is -0.140. The fourth-order valence-electron chi connectivity index (χ4n) is 5.57. The number of fused-ring (bicyclic) bond motifs is 1. The molecule has 2 unspecified atom stereocenters. The van der Waals surface area contributed by atoms with Gasteiger partial charge in [-0.05, 0) is 29.7 Å². The Labute approximate surface area is 216 Å². The highest BCUT2D eigenvalue weighted by molar-refractivity contribution is 5.93. The Bertz CT molecular complexity index is 1290. The summed E-state index contributed by atoms with van der Waals surface area (Å²) in [5.41, 5.74) is -0.647. The van der Waals surface area contributed by atoms with Gasteiger partial charge in [-0.15, -0.1) is 0 Å². The summed E-state index contributed by atoms with van der Waals surface area (Å²) in [6.07, 6.45) is 3.06. The van der Waals surface area contributed by atoms with Gasteiger partial charge >= 0.3 is 0 Å². The van der Waals surface area contributed by atoms with E-state index in [1.165, 1.54) is 13.1 Å². The fourth-order valence-corrected chi connectivity index (χ4v) is 5.57. The topological polar surface area (TPSA) is 154 Å². The molecule has 2 N–H and O–H groups in total. The van der Waals surface area contributed by atoms with Gasteiger partial charge in [-0.25, -0.2) is 0 Å². The smallest absolute Gasteiger partial charge is 0.259 e. The molecule has 4 atom stereocenters. The fraction of sp³-hybridized carbons (Fsp3) is 0.577. The molecule has 1 saturated heterocycles. The molecule has 2 fully saturated rings. The third-order valence-electron chi connectivity index (χ3n) is 7.82. The molecule has 0 bridgehead atoms. The van der Waals surface area contributed by atoms with Gasteiger partial charge in [-0.3, -0.25) is 19.4 Å². The van der Waals surface area contributed by atoms with Crippen LogP contribution in [0.2, 0.25) is 0 Å². The molecule has 2 aromatic rings. The van der Waals surface area contributed by atoms with E-state index in [-0.39, 0.29) is 41.5 Å². The number of carbonyl (C=O) groups is 3. The van der Waals surface area contributed by atoms with Crippen LogP contribution in [0.3, 0.4) is 0 Å². The number of nitrogens with one attached hydrogen (secondary N) is 2. The van der Waals surface area contributed by atoms with Crippen LogP contribution >= 0.6 is 0 Å². The molecule has 1 aliphatic heterocycles. The largest absolute Gasteiger partial charge is 0.344 e. The Balaban J connectivity index is 1.54. The predicted molar refractivity (Wildman–Crippen MR) is 132 cm³/mol. The van der Waals surface area contributed by atoms with E-state index in [1.807, 2.05) is 34.6 Å². The van der Waals surface area contributed by atoms with Crippen LogP contribution in [0.1, 0.15) is 59.0 Å². The molecule has 37 heavy (non-hydrogen) atoms. The average molecular weight is 508 g/mol. The number of nitrogens with zero attached hydrogens (tertiary/aromatic N) is 5. The number of hydrogen-bond acceptors (Lipinski definition) is 8. The quantitative estimate of drug-likeness (QED) is 0.603. The van der Waals surface area contributed by atoms with Crippen molar-refractivity contribution in [1.29, 1.82) is 5.26 Å². The van der Waals surface area contributed by atoms with Crippen LogP contribution in [0.5, 0.6) is 0 Å². The average Bonchev–Trinajstić information content (AvgIpc) is 3.24. The maximum Gasteiger partial charge on any atom is 0.259 e. The summed E-state index contributed by atoms with van der Waals surface area (Å²) >= 11 is 0. The number of aromatic nitrogens is 3. The zero-order valence-corrected chi connectivity index (χ0v) is 22.2. The molecule has 196 valence electrons. The summed E-state index contributed by atoms with van der Waals surface area (Å²) in [6.45, 7) is 13.4. The van der Waals surface area contributed by atoms with Crippen LogP contribution < -0.4 is 10.6 Å². The van der Waals surface area contributed by atoms with Crippen LogP contribution in [-0.4, -0.2) is 56.9 Å². The zero-order chi connectivity index (χ0) is 27.3. The Morgan fingerprint density at radius 2 is 1.95 bits per heavy atom. The van der Waals surface area contributed by atoms with Gasteiger partial charge in [-0.1, -0.05) is 39.8 Å². The highest BCUT2D eigenvalue weighted by Gasteiger charge is 2.79. The molecule has 0 spiro atoms. The first-order valence-electron chi connectivity index (χ1n) is 12.2. The van der Waals surface area contributed by atoms with Crippen molar-refractivity contribution in [2.24, 2.45) is 22.2 Å². The first-order valence-corrected chi connectivity index (χ1v) is 12.2. The number of carbonyl (C=O) groups excluding carboxylic acids is 3. The van der Waals surface area contributed by atoms with E-state index < -0.39 is 22.9 Å². The minimum atomic E-state index is -0.957. The maximum atomic E-state index is 13.7. The van der Waals surface area contributed by atoms with E-state index in [2.05, 4.69) is 31.8 Å². The van der Waals surface area contributed by atoms with Gasteiger partial charge in [0.15, 0.2) is 5.82 Å². The van der Waals surface area contributed by atoms with Gasteiger partial charge < -0.3 is 20.1 Å². The van der Waals surface area contributed by atoms with Gasteiger partial charge in [0.05, 0.1) is 17.0 Å². The van der Waals surface area contributed by atoms with Crippen molar-refractivity contribution in [1.82, 2.24) is 30.7 Å². The van der Waals surface area contributed by atoms with E-state index >= 15 is 0 Å². The number of nitriles is 1. The number of aryl methyl sites for hydroxylation is 1. The van der Waals surface area contributed by atoms with Crippen LogP contribution in [0.15, 0.2) is 23.0 Å². The highest BCUT2D eigenvalue weighted by atomic mass is 16.5. The van der Waals surface area contributed by atoms with Crippen molar-refractivity contribution >= 4 is 17.7 Å². The van der Waals surface area contributed by atoms with E-state index in [9.17, 15) is 19.6 Å². The van der Waals surface area contributed by atoms with Crippen LogP contribution in [0.4, 0.5) is 0 Å². The number of piperidine rings is 1. The summed E-state index contributed by atoms with van der Waals surface area (Å²) in [4.78, 5) is 49.0. The first kappa shape index (κ1) is 26.3. The first-order chi connectivity index (χ1) is 17.2. The number of likely N-dealkylation sites (tertiary alicyclic amines) is 1. The second-order valence-electron chi connectivity index (χ2n) is 11.7. The minimum Gasteiger partial charge on any atom is -0.344 e. The number of rotatable bonds is 6. The van der Waals surface area contributed by atoms with Gasteiger partial charge in [0.25, 0.3) is 5.89 Å². The molecule has 1 aliphatic carbocycles. The van der Waals surface area contributed by atoms with E-state index in [4.69, 9.17) is 4.52 Å². The van der Waals surface area contributed by atoms with Crippen molar-refractivity contribution in [2.45, 2.75) is 60.5 Å². The molecule has 4 rings (SSSR count). The van der Waals surface area contributed by atoms with Crippen molar-refractivity contribution < 1.29 is 18.9 Å². The molecule has 0 radical (unpaired) electrons. The second-order valence-corrected chi connectivity index (χ2v) is 11.7. The molecular weight excluding hydrogens is 474 g/mol. The molecule has 2 aromatic heterocycles. The van der Waals surface area contributed by atoms with Gasteiger partial charge in [0.2, 0.25) is 17.7 Å². The maximum absolute atomic E-state index is 13.7. The zero-order valence-electron chi connectivity index (χ0n) is 22.2. The molecule has 1 saturated carbocycles.